The van der Waals surface area contributed by atoms with E-state index < -0.39 is 12.6 Å². The second kappa shape index (κ2) is 10.6. The predicted molar refractivity (Wildman–Crippen MR) is 129 cm³/mol. The number of hydrogen-bond donors (Lipinski definition) is 1. The molecule has 1 saturated carbocycles. The summed E-state index contributed by atoms with van der Waals surface area (Å²) in [5.74, 6) is -0.359. The molecule has 1 saturated heterocycles. The van der Waals surface area contributed by atoms with Crippen LogP contribution in [-0.2, 0) is 9.59 Å². The van der Waals surface area contributed by atoms with E-state index in [0.717, 1.165) is 36.9 Å². The minimum atomic E-state index is -1.07. The van der Waals surface area contributed by atoms with Gasteiger partial charge >= 0.3 is 5.97 Å². The van der Waals surface area contributed by atoms with Gasteiger partial charge in [0.25, 0.3) is 5.91 Å². The number of carbonyl (C=O) groups is 2. The zero-order valence-corrected chi connectivity index (χ0v) is 19.2. The number of methoxy groups -OCH3 is 1. The zero-order chi connectivity index (χ0) is 23.2. The number of nitrogens with zero attached hydrogens (tertiary/aromatic N) is 2. The minimum Gasteiger partial charge on any atom is -0.493 e. The molecule has 33 heavy (non-hydrogen) atoms. The Balaban J connectivity index is 1.64. The van der Waals surface area contributed by atoms with Crippen molar-refractivity contribution >= 4 is 40.6 Å². The van der Waals surface area contributed by atoms with Crippen molar-refractivity contribution in [3.8, 4) is 11.5 Å². The zero-order valence-electron chi connectivity index (χ0n) is 18.4. The molecule has 1 heterocycles. The second-order valence-corrected chi connectivity index (χ2v) is 8.91. The van der Waals surface area contributed by atoms with Crippen molar-refractivity contribution in [3.05, 3.63) is 59.0 Å². The number of ether oxygens (including phenoxy) is 2. The van der Waals surface area contributed by atoms with Gasteiger partial charge in [-0.25, -0.2) is 9.79 Å². The topological polar surface area (TPSA) is 88.4 Å². The van der Waals surface area contributed by atoms with Crippen LogP contribution in [0.1, 0.15) is 37.7 Å². The van der Waals surface area contributed by atoms with Crippen LogP contribution < -0.4 is 9.47 Å². The fourth-order valence-corrected chi connectivity index (χ4v) is 5.08. The molecule has 172 valence electrons. The molecule has 8 heteroatoms. The summed E-state index contributed by atoms with van der Waals surface area (Å²) in [6, 6.07) is 15.0. The van der Waals surface area contributed by atoms with Crippen LogP contribution in [0.5, 0.6) is 11.5 Å². The lowest BCUT2D eigenvalue weighted by Crippen LogP contribution is -2.40. The molecule has 0 spiro atoms. The highest BCUT2D eigenvalue weighted by Gasteiger charge is 2.38. The van der Waals surface area contributed by atoms with Crippen LogP contribution in [0.4, 0.5) is 5.69 Å². The molecule has 7 nitrogen and oxygen atoms in total. The van der Waals surface area contributed by atoms with Crippen molar-refractivity contribution in [3.63, 3.8) is 0 Å². The van der Waals surface area contributed by atoms with E-state index in [1.807, 2.05) is 41.3 Å². The highest BCUT2D eigenvalue weighted by atomic mass is 32.2. The Labute approximate surface area is 197 Å². The van der Waals surface area contributed by atoms with Gasteiger partial charge in [0.15, 0.2) is 23.3 Å². The van der Waals surface area contributed by atoms with Gasteiger partial charge in [0, 0.05) is 6.04 Å². The number of carboxylic acid groups (broad SMARTS) is 1. The summed E-state index contributed by atoms with van der Waals surface area (Å²) >= 11 is 1.38. The molecule has 2 aromatic carbocycles. The van der Waals surface area contributed by atoms with Crippen LogP contribution in [0.3, 0.4) is 0 Å². The first-order chi connectivity index (χ1) is 16.0. The average molecular weight is 467 g/mol. The number of rotatable bonds is 7. The average Bonchev–Trinajstić information content (AvgIpc) is 3.13. The standard InChI is InChI=1S/C25H26N2O5S/c1-31-21-14-17(12-13-20(21)32-16-23(28)29)15-22-24(30)27(19-10-6-3-7-11-19)25(33-22)26-18-8-4-2-5-9-18/h2,4-5,8-9,12-15,19H,3,6-7,10-11,16H2,1H3,(H,28,29)/b22-15+,26-25?. The third-order valence-corrected chi connectivity index (χ3v) is 6.58. The van der Waals surface area contributed by atoms with Crippen LogP contribution in [0.15, 0.2) is 58.4 Å². The van der Waals surface area contributed by atoms with Crippen molar-refractivity contribution in [2.75, 3.05) is 13.7 Å². The molecule has 1 amide bonds. The summed E-state index contributed by atoms with van der Waals surface area (Å²) in [5, 5.41) is 9.55. The molecule has 0 aromatic heterocycles. The van der Waals surface area contributed by atoms with Crippen molar-refractivity contribution in [1.29, 1.82) is 0 Å². The number of benzene rings is 2. The number of aliphatic carboxylic acids is 1. The summed E-state index contributed by atoms with van der Waals surface area (Å²) in [6.45, 7) is -0.458. The lowest BCUT2D eigenvalue weighted by atomic mass is 9.94. The van der Waals surface area contributed by atoms with Gasteiger partial charge in [0.2, 0.25) is 0 Å². The molecule has 4 rings (SSSR count). The predicted octanol–water partition coefficient (Wildman–Crippen LogP) is 5.10. The molecule has 1 aliphatic heterocycles. The Morgan fingerprint density at radius 3 is 2.61 bits per heavy atom. The molecule has 0 unspecified atom stereocenters. The molecule has 0 bridgehead atoms. The lowest BCUT2D eigenvalue weighted by molar-refractivity contribution is -0.139. The van der Waals surface area contributed by atoms with Gasteiger partial charge in [-0.1, -0.05) is 43.5 Å². The summed E-state index contributed by atoms with van der Waals surface area (Å²) in [4.78, 5) is 31.5. The lowest BCUT2D eigenvalue weighted by Gasteiger charge is -2.30. The van der Waals surface area contributed by atoms with E-state index in [9.17, 15) is 9.59 Å². The fraction of sp³-hybridized carbons (Fsp3) is 0.320. The normalized spacial score (nSPS) is 19.3. The molecule has 2 fully saturated rings. The Kier molecular flexibility index (Phi) is 7.34. The first kappa shape index (κ1) is 22.9. The minimum absolute atomic E-state index is 0.0354. The third-order valence-electron chi connectivity index (χ3n) is 5.59. The first-order valence-corrected chi connectivity index (χ1v) is 11.8. The third kappa shape index (κ3) is 5.57. The van der Waals surface area contributed by atoms with Gasteiger partial charge in [0.05, 0.1) is 17.7 Å². The maximum Gasteiger partial charge on any atom is 0.341 e. The molecule has 2 aromatic rings. The SMILES string of the molecule is COc1cc(/C=C2/SC(=Nc3ccccc3)N(C3CCCCC3)C2=O)ccc1OCC(=O)O. The van der Waals surface area contributed by atoms with E-state index in [1.54, 1.807) is 18.2 Å². The quantitative estimate of drug-likeness (QED) is 0.572. The Morgan fingerprint density at radius 1 is 1.15 bits per heavy atom. The van der Waals surface area contributed by atoms with Crippen molar-refractivity contribution in [2.45, 2.75) is 38.1 Å². The fourth-order valence-electron chi connectivity index (χ4n) is 4.02. The Hall–Kier alpha value is -3.26. The number of thioether (sulfide) groups is 1. The van der Waals surface area contributed by atoms with E-state index in [-0.39, 0.29) is 11.9 Å². The summed E-state index contributed by atoms with van der Waals surface area (Å²) < 4.78 is 10.6. The number of carboxylic acids is 1. The molecule has 1 N–H and O–H groups in total. The van der Waals surface area contributed by atoms with E-state index >= 15 is 0 Å². The summed E-state index contributed by atoms with van der Waals surface area (Å²) in [6.07, 6.45) is 7.22. The summed E-state index contributed by atoms with van der Waals surface area (Å²) in [7, 11) is 1.49. The van der Waals surface area contributed by atoms with Gasteiger partial charge in [-0.15, -0.1) is 0 Å². The number of hydrogen-bond acceptors (Lipinski definition) is 6. The van der Waals surface area contributed by atoms with Crippen LogP contribution in [0, 0.1) is 0 Å². The largest absolute Gasteiger partial charge is 0.493 e. The number of para-hydroxylation sites is 1. The van der Waals surface area contributed by atoms with E-state index in [1.165, 1.54) is 25.3 Å². The van der Waals surface area contributed by atoms with Gasteiger partial charge in [-0.2, -0.15) is 0 Å². The van der Waals surface area contributed by atoms with E-state index in [0.29, 0.717) is 21.6 Å². The van der Waals surface area contributed by atoms with Crippen molar-refractivity contribution < 1.29 is 24.2 Å². The molecule has 2 aliphatic rings. The summed E-state index contributed by atoms with van der Waals surface area (Å²) in [5.41, 5.74) is 1.58. The van der Waals surface area contributed by atoms with Gasteiger partial charge < -0.3 is 14.6 Å². The highest BCUT2D eigenvalue weighted by Crippen LogP contribution is 2.39. The van der Waals surface area contributed by atoms with Crippen molar-refractivity contribution in [1.82, 2.24) is 4.90 Å². The van der Waals surface area contributed by atoms with Gasteiger partial charge in [-0.3, -0.25) is 9.69 Å². The smallest absolute Gasteiger partial charge is 0.341 e. The Morgan fingerprint density at radius 2 is 1.91 bits per heavy atom. The van der Waals surface area contributed by atoms with Crippen LogP contribution in [-0.4, -0.2) is 46.8 Å². The first-order valence-electron chi connectivity index (χ1n) is 10.9. The van der Waals surface area contributed by atoms with E-state index in [4.69, 9.17) is 19.6 Å². The monoisotopic (exact) mass is 466 g/mol. The van der Waals surface area contributed by atoms with Crippen LogP contribution >= 0.6 is 11.8 Å². The van der Waals surface area contributed by atoms with Gasteiger partial charge in [-0.05, 0) is 60.5 Å². The Bertz CT molecular complexity index is 1080. The molecular weight excluding hydrogens is 440 g/mol. The molecular formula is C25H26N2O5S. The molecule has 0 radical (unpaired) electrons. The number of amides is 1. The van der Waals surface area contributed by atoms with Crippen LogP contribution in [0.25, 0.3) is 6.08 Å². The number of aliphatic imine (C=N–C) groups is 1. The number of carbonyl (C=O) groups excluding carboxylic acids is 1. The van der Waals surface area contributed by atoms with E-state index in [2.05, 4.69) is 0 Å². The molecule has 0 atom stereocenters. The molecule has 1 aliphatic carbocycles. The van der Waals surface area contributed by atoms with Crippen LogP contribution in [0.2, 0.25) is 0 Å². The highest BCUT2D eigenvalue weighted by molar-refractivity contribution is 8.18. The number of amidine groups is 1. The van der Waals surface area contributed by atoms with Crippen molar-refractivity contribution in [2.24, 2.45) is 4.99 Å². The van der Waals surface area contributed by atoms with Gasteiger partial charge in [0.1, 0.15) is 0 Å². The second-order valence-electron chi connectivity index (χ2n) is 7.90. The maximum absolute atomic E-state index is 13.4. The maximum atomic E-state index is 13.4.